The molecule has 0 spiro atoms. The van der Waals surface area contributed by atoms with E-state index < -0.39 is 23.3 Å². The summed E-state index contributed by atoms with van der Waals surface area (Å²) in [6, 6.07) is 7.55. The molecule has 5 N–H and O–H groups in total. The van der Waals surface area contributed by atoms with Gasteiger partial charge in [0.2, 0.25) is 5.91 Å². The van der Waals surface area contributed by atoms with Gasteiger partial charge in [-0.3, -0.25) is 14.4 Å². The molecule has 0 saturated carbocycles. The van der Waals surface area contributed by atoms with Gasteiger partial charge in [-0.2, -0.15) is 5.10 Å². The zero-order chi connectivity index (χ0) is 24.2. The molecular weight excluding hydrogens is 420 g/mol. The summed E-state index contributed by atoms with van der Waals surface area (Å²) in [5.41, 5.74) is 5.79. The highest BCUT2D eigenvalue weighted by Crippen LogP contribution is 2.34. The van der Waals surface area contributed by atoms with Crippen molar-refractivity contribution >= 4 is 23.5 Å². The summed E-state index contributed by atoms with van der Waals surface area (Å²) in [7, 11) is 0. The number of primary amides is 1. The zero-order valence-corrected chi connectivity index (χ0v) is 19.8. The number of hydrogen-bond donors (Lipinski definition) is 4. The first-order valence-electron chi connectivity index (χ1n) is 11.5. The molecule has 9 nitrogen and oxygen atoms in total. The monoisotopic (exact) mass is 454 g/mol. The summed E-state index contributed by atoms with van der Waals surface area (Å²) >= 11 is 0. The number of aromatic nitrogens is 2. The third-order valence-corrected chi connectivity index (χ3v) is 6.77. The van der Waals surface area contributed by atoms with Gasteiger partial charge in [-0.1, -0.05) is 45.0 Å². The third kappa shape index (κ3) is 4.58. The molecule has 0 fully saturated rings. The fourth-order valence-corrected chi connectivity index (χ4v) is 4.29. The first-order chi connectivity index (χ1) is 15.7. The number of rotatable bonds is 9. The van der Waals surface area contributed by atoms with Crippen molar-refractivity contribution in [3.63, 3.8) is 0 Å². The largest absolute Gasteiger partial charge is 0.370 e. The smallest absolute Gasteiger partial charge is 0.257 e. The van der Waals surface area contributed by atoms with Crippen LogP contribution in [-0.2, 0) is 27.1 Å². The topological polar surface area (TPSA) is 131 Å². The normalized spacial score (nSPS) is 19.0. The zero-order valence-electron chi connectivity index (χ0n) is 19.8. The fourth-order valence-electron chi connectivity index (χ4n) is 4.29. The minimum absolute atomic E-state index is 0.185. The Morgan fingerprint density at radius 3 is 2.48 bits per heavy atom. The molecule has 2 unspecified atom stereocenters. The molecule has 2 atom stereocenters. The Balaban J connectivity index is 2.00. The Kier molecular flexibility index (Phi) is 7.09. The average Bonchev–Trinajstić information content (AvgIpc) is 3.27. The van der Waals surface area contributed by atoms with Gasteiger partial charge in [0.1, 0.15) is 16.9 Å². The van der Waals surface area contributed by atoms with Crippen LogP contribution in [0, 0.1) is 0 Å². The molecule has 178 valence electrons. The van der Waals surface area contributed by atoms with E-state index in [4.69, 9.17) is 5.73 Å². The van der Waals surface area contributed by atoms with Gasteiger partial charge >= 0.3 is 0 Å². The van der Waals surface area contributed by atoms with E-state index in [-0.39, 0.29) is 18.5 Å². The summed E-state index contributed by atoms with van der Waals surface area (Å²) in [6.07, 6.45) is 4.45. The van der Waals surface area contributed by atoms with Crippen LogP contribution in [0.25, 0.3) is 0 Å². The van der Waals surface area contributed by atoms with Crippen molar-refractivity contribution in [3.8, 4) is 0 Å². The lowest BCUT2D eigenvalue weighted by molar-refractivity contribution is -0.130. The standard InChI is InChI=1S/C24H34N6O3/c1-5-16-8-10-17(11-9-16)24(7-3,22(33)27-15-19(25)31)29-21(32)18-14-28-30-20(18)26-13-12-23(30,4)6-2/h8-11,14,26H,5-7,12-13,15H2,1-4H3,(H2,25,31)(H,27,33)(H,29,32). The number of nitrogens with zero attached hydrogens (tertiary/aromatic N) is 2. The maximum absolute atomic E-state index is 13.5. The number of carbonyl (C=O) groups excluding carboxylic acids is 3. The van der Waals surface area contributed by atoms with Crippen LogP contribution in [0.2, 0.25) is 0 Å². The molecular formula is C24H34N6O3. The van der Waals surface area contributed by atoms with E-state index >= 15 is 0 Å². The van der Waals surface area contributed by atoms with E-state index in [1.165, 1.54) is 0 Å². The minimum Gasteiger partial charge on any atom is -0.370 e. The maximum Gasteiger partial charge on any atom is 0.257 e. The number of amides is 3. The Bertz CT molecular complexity index is 1030. The number of benzene rings is 1. The van der Waals surface area contributed by atoms with Crippen LogP contribution in [0.4, 0.5) is 5.82 Å². The molecule has 33 heavy (non-hydrogen) atoms. The number of anilines is 1. The van der Waals surface area contributed by atoms with E-state index in [0.29, 0.717) is 16.9 Å². The van der Waals surface area contributed by atoms with Crippen molar-refractivity contribution in [2.45, 2.75) is 64.5 Å². The molecule has 9 heteroatoms. The molecule has 2 heterocycles. The predicted molar refractivity (Wildman–Crippen MR) is 127 cm³/mol. The van der Waals surface area contributed by atoms with Crippen LogP contribution < -0.4 is 21.7 Å². The van der Waals surface area contributed by atoms with Gasteiger partial charge in [0.25, 0.3) is 11.8 Å². The lowest BCUT2D eigenvalue weighted by Crippen LogP contribution is -2.57. The van der Waals surface area contributed by atoms with Gasteiger partial charge in [-0.25, -0.2) is 4.68 Å². The van der Waals surface area contributed by atoms with E-state index in [1.807, 2.05) is 42.8 Å². The van der Waals surface area contributed by atoms with Gasteiger partial charge in [0.05, 0.1) is 18.3 Å². The Morgan fingerprint density at radius 1 is 1.21 bits per heavy atom. The minimum atomic E-state index is -1.38. The average molecular weight is 455 g/mol. The van der Waals surface area contributed by atoms with Gasteiger partial charge in [0.15, 0.2) is 0 Å². The molecule has 0 radical (unpaired) electrons. The highest BCUT2D eigenvalue weighted by Gasteiger charge is 2.42. The van der Waals surface area contributed by atoms with Gasteiger partial charge in [0, 0.05) is 6.54 Å². The molecule has 1 aliphatic heterocycles. The quantitative estimate of drug-likeness (QED) is 0.460. The lowest BCUT2D eigenvalue weighted by Gasteiger charge is -2.36. The number of nitrogens with one attached hydrogen (secondary N) is 3. The van der Waals surface area contributed by atoms with Crippen molar-refractivity contribution in [3.05, 3.63) is 47.2 Å². The highest BCUT2D eigenvalue weighted by molar-refractivity contribution is 6.03. The van der Waals surface area contributed by atoms with Crippen LogP contribution in [0.15, 0.2) is 30.5 Å². The van der Waals surface area contributed by atoms with Crippen molar-refractivity contribution in [1.29, 1.82) is 0 Å². The van der Waals surface area contributed by atoms with Crippen molar-refractivity contribution in [2.75, 3.05) is 18.4 Å². The lowest BCUT2D eigenvalue weighted by atomic mass is 9.85. The van der Waals surface area contributed by atoms with Crippen LogP contribution >= 0.6 is 0 Å². The Labute approximate surface area is 194 Å². The summed E-state index contributed by atoms with van der Waals surface area (Å²) in [6.45, 7) is 8.49. The van der Waals surface area contributed by atoms with E-state index in [9.17, 15) is 14.4 Å². The van der Waals surface area contributed by atoms with Crippen LogP contribution in [0.1, 0.15) is 68.4 Å². The van der Waals surface area contributed by atoms with Crippen molar-refractivity contribution in [1.82, 2.24) is 20.4 Å². The molecule has 1 aliphatic rings. The summed E-state index contributed by atoms with van der Waals surface area (Å²) < 4.78 is 1.86. The third-order valence-electron chi connectivity index (χ3n) is 6.77. The molecule has 3 rings (SSSR count). The second-order valence-electron chi connectivity index (χ2n) is 8.76. The Morgan fingerprint density at radius 2 is 1.91 bits per heavy atom. The van der Waals surface area contributed by atoms with E-state index in [2.05, 4.69) is 34.9 Å². The molecule has 1 aromatic carbocycles. The predicted octanol–water partition coefficient (Wildman–Crippen LogP) is 2.02. The van der Waals surface area contributed by atoms with Crippen LogP contribution in [0.5, 0.6) is 0 Å². The number of fused-ring (bicyclic) bond motifs is 1. The Hall–Kier alpha value is -3.36. The van der Waals surface area contributed by atoms with Gasteiger partial charge in [-0.05, 0) is 43.7 Å². The second kappa shape index (κ2) is 9.64. The van der Waals surface area contributed by atoms with E-state index in [0.717, 1.165) is 31.4 Å². The molecule has 2 aromatic rings. The molecule has 0 bridgehead atoms. The van der Waals surface area contributed by atoms with Gasteiger partial charge in [-0.15, -0.1) is 0 Å². The fraction of sp³-hybridized carbons (Fsp3) is 0.500. The summed E-state index contributed by atoms with van der Waals surface area (Å²) in [5, 5.41) is 13.3. The van der Waals surface area contributed by atoms with Crippen molar-refractivity contribution < 1.29 is 14.4 Å². The molecule has 1 aromatic heterocycles. The number of nitrogens with two attached hydrogens (primary N) is 1. The first-order valence-corrected chi connectivity index (χ1v) is 11.5. The number of carbonyl (C=O) groups is 3. The van der Waals surface area contributed by atoms with E-state index in [1.54, 1.807) is 6.20 Å². The molecule has 3 amide bonds. The summed E-state index contributed by atoms with van der Waals surface area (Å²) in [5.74, 6) is -0.921. The first kappa shape index (κ1) is 24.3. The second-order valence-corrected chi connectivity index (χ2v) is 8.76. The maximum atomic E-state index is 13.5. The van der Waals surface area contributed by atoms with Crippen LogP contribution in [0.3, 0.4) is 0 Å². The van der Waals surface area contributed by atoms with Crippen molar-refractivity contribution in [2.24, 2.45) is 5.73 Å². The van der Waals surface area contributed by atoms with Gasteiger partial charge < -0.3 is 21.7 Å². The number of hydrogen-bond acceptors (Lipinski definition) is 5. The number of aryl methyl sites for hydroxylation is 1. The van der Waals surface area contributed by atoms with Crippen LogP contribution in [-0.4, -0.2) is 40.6 Å². The highest BCUT2D eigenvalue weighted by atomic mass is 16.2. The SMILES string of the molecule is CCc1ccc(C(CC)(NC(=O)c2cnn3c2NCCC3(C)CC)C(=O)NCC(N)=O)cc1. The summed E-state index contributed by atoms with van der Waals surface area (Å²) in [4.78, 5) is 38.1. The molecule has 0 saturated heterocycles. The molecule has 0 aliphatic carbocycles.